The number of ether oxygens (including phenoxy) is 1. The SMILES string of the molecule is Cc1cc(OCC(=O)NNC(=O)c2ccc(S(=O)(=O)N3CCCC3)cc2)ccc1Cl. The number of hydrogen-bond donors (Lipinski definition) is 2. The number of carbonyl (C=O) groups excluding carboxylic acids is 2. The summed E-state index contributed by atoms with van der Waals surface area (Å²) in [7, 11) is -3.54. The summed E-state index contributed by atoms with van der Waals surface area (Å²) in [6.45, 7) is 2.54. The van der Waals surface area contributed by atoms with Crippen molar-refractivity contribution in [3.63, 3.8) is 0 Å². The Morgan fingerprint density at radius 1 is 1.07 bits per heavy atom. The Morgan fingerprint density at radius 2 is 1.73 bits per heavy atom. The Balaban J connectivity index is 1.50. The van der Waals surface area contributed by atoms with Crippen LogP contribution in [0, 0.1) is 6.92 Å². The zero-order valence-electron chi connectivity index (χ0n) is 16.4. The number of amides is 2. The third-order valence-electron chi connectivity index (χ3n) is 4.63. The van der Waals surface area contributed by atoms with Gasteiger partial charge in [-0.15, -0.1) is 0 Å². The molecule has 10 heteroatoms. The van der Waals surface area contributed by atoms with Gasteiger partial charge in [0.2, 0.25) is 10.0 Å². The van der Waals surface area contributed by atoms with Gasteiger partial charge in [0.05, 0.1) is 4.90 Å². The number of sulfonamides is 1. The maximum Gasteiger partial charge on any atom is 0.276 e. The molecule has 0 spiro atoms. The molecule has 0 atom stereocenters. The summed E-state index contributed by atoms with van der Waals surface area (Å²) in [4.78, 5) is 24.2. The number of halogens is 1. The Bertz CT molecular complexity index is 1030. The molecule has 1 aliphatic rings. The van der Waals surface area contributed by atoms with Crippen LogP contribution in [0.25, 0.3) is 0 Å². The molecule has 2 amide bonds. The molecule has 8 nitrogen and oxygen atoms in total. The van der Waals surface area contributed by atoms with Crippen molar-refractivity contribution in [3.05, 3.63) is 58.6 Å². The van der Waals surface area contributed by atoms with Crippen molar-refractivity contribution >= 4 is 33.4 Å². The van der Waals surface area contributed by atoms with Gasteiger partial charge in [0, 0.05) is 23.7 Å². The minimum Gasteiger partial charge on any atom is -0.484 e. The molecule has 0 bridgehead atoms. The lowest BCUT2D eigenvalue weighted by Gasteiger charge is -2.15. The first-order valence-corrected chi connectivity index (χ1v) is 11.2. The predicted octanol–water partition coefficient (Wildman–Crippen LogP) is 2.27. The lowest BCUT2D eigenvalue weighted by Crippen LogP contribution is -2.43. The van der Waals surface area contributed by atoms with Crippen LogP contribution in [-0.2, 0) is 14.8 Å². The van der Waals surface area contributed by atoms with Crippen molar-refractivity contribution in [2.24, 2.45) is 0 Å². The summed E-state index contributed by atoms with van der Waals surface area (Å²) in [6, 6.07) is 10.6. The van der Waals surface area contributed by atoms with Crippen LogP contribution in [0.4, 0.5) is 0 Å². The number of hydrazine groups is 1. The third kappa shape index (κ3) is 5.29. The lowest BCUT2D eigenvalue weighted by molar-refractivity contribution is -0.123. The van der Waals surface area contributed by atoms with Crippen molar-refractivity contribution in [2.75, 3.05) is 19.7 Å². The van der Waals surface area contributed by atoms with Gasteiger partial charge in [-0.25, -0.2) is 8.42 Å². The smallest absolute Gasteiger partial charge is 0.276 e. The van der Waals surface area contributed by atoms with Gasteiger partial charge in [-0.2, -0.15) is 4.31 Å². The molecule has 1 fully saturated rings. The molecule has 0 unspecified atom stereocenters. The zero-order chi connectivity index (χ0) is 21.7. The maximum absolute atomic E-state index is 12.5. The predicted molar refractivity (Wildman–Crippen MR) is 112 cm³/mol. The number of carbonyl (C=O) groups is 2. The number of nitrogens with zero attached hydrogens (tertiary/aromatic N) is 1. The number of aryl methyl sites for hydroxylation is 1. The van der Waals surface area contributed by atoms with Crippen molar-refractivity contribution in [3.8, 4) is 5.75 Å². The van der Waals surface area contributed by atoms with E-state index in [1.807, 2.05) is 6.92 Å². The fourth-order valence-electron chi connectivity index (χ4n) is 2.95. The second kappa shape index (κ2) is 9.46. The number of nitrogens with one attached hydrogen (secondary N) is 2. The van der Waals surface area contributed by atoms with Crippen molar-refractivity contribution in [1.29, 1.82) is 0 Å². The highest BCUT2D eigenvalue weighted by Crippen LogP contribution is 2.22. The summed E-state index contributed by atoms with van der Waals surface area (Å²) in [5.41, 5.74) is 5.55. The molecule has 2 aromatic carbocycles. The average molecular weight is 452 g/mol. The Morgan fingerprint density at radius 3 is 2.37 bits per heavy atom. The van der Waals surface area contributed by atoms with Crippen molar-refractivity contribution in [1.82, 2.24) is 15.2 Å². The van der Waals surface area contributed by atoms with Crippen LogP contribution in [0.5, 0.6) is 5.75 Å². The highest BCUT2D eigenvalue weighted by atomic mass is 35.5. The van der Waals surface area contributed by atoms with E-state index in [0.29, 0.717) is 23.9 Å². The van der Waals surface area contributed by atoms with E-state index < -0.39 is 21.8 Å². The Hall–Kier alpha value is -2.62. The monoisotopic (exact) mass is 451 g/mol. The fourth-order valence-corrected chi connectivity index (χ4v) is 4.58. The van der Waals surface area contributed by atoms with E-state index in [-0.39, 0.29) is 17.1 Å². The molecule has 1 saturated heterocycles. The number of benzene rings is 2. The molecule has 160 valence electrons. The molecule has 2 N–H and O–H groups in total. The number of hydrogen-bond acceptors (Lipinski definition) is 5. The first-order valence-electron chi connectivity index (χ1n) is 9.36. The largest absolute Gasteiger partial charge is 0.484 e. The van der Waals surface area contributed by atoms with E-state index >= 15 is 0 Å². The van der Waals surface area contributed by atoms with E-state index in [0.717, 1.165) is 18.4 Å². The number of rotatable bonds is 6. The summed E-state index contributed by atoms with van der Waals surface area (Å²) < 4.78 is 31.8. The van der Waals surface area contributed by atoms with Gasteiger partial charge in [-0.3, -0.25) is 20.4 Å². The molecule has 30 heavy (non-hydrogen) atoms. The Labute approximate surface area is 180 Å². The van der Waals surface area contributed by atoms with Crippen LogP contribution in [0.1, 0.15) is 28.8 Å². The molecule has 1 heterocycles. The first kappa shape index (κ1) is 22.1. The first-order chi connectivity index (χ1) is 14.3. The summed E-state index contributed by atoms with van der Waals surface area (Å²) in [6.07, 6.45) is 1.70. The second-order valence-electron chi connectivity index (χ2n) is 6.84. The third-order valence-corrected chi connectivity index (χ3v) is 6.97. The van der Waals surface area contributed by atoms with Gasteiger partial charge in [0.25, 0.3) is 11.8 Å². The lowest BCUT2D eigenvalue weighted by atomic mass is 10.2. The van der Waals surface area contributed by atoms with E-state index in [1.165, 1.54) is 28.6 Å². The van der Waals surface area contributed by atoms with E-state index in [1.54, 1.807) is 18.2 Å². The molecule has 0 aromatic heterocycles. The van der Waals surface area contributed by atoms with Crippen molar-refractivity contribution in [2.45, 2.75) is 24.7 Å². The fraction of sp³-hybridized carbons (Fsp3) is 0.300. The molecule has 0 saturated carbocycles. The van der Waals surface area contributed by atoms with Crippen LogP contribution in [0.15, 0.2) is 47.4 Å². The van der Waals surface area contributed by atoms with Crippen LogP contribution >= 0.6 is 11.6 Å². The van der Waals surface area contributed by atoms with Gasteiger partial charge in [0.15, 0.2) is 6.61 Å². The van der Waals surface area contributed by atoms with Gasteiger partial charge in [0.1, 0.15) is 5.75 Å². The standard InChI is InChI=1S/C20H22ClN3O5S/c1-14-12-16(6-9-18(14)21)29-13-19(25)22-23-20(26)15-4-7-17(8-5-15)30(27,28)24-10-2-3-11-24/h4-9,12H,2-3,10-11,13H2,1H3,(H,22,25)(H,23,26). The highest BCUT2D eigenvalue weighted by molar-refractivity contribution is 7.89. The van der Waals surface area contributed by atoms with Gasteiger partial charge in [-0.1, -0.05) is 11.6 Å². The molecule has 2 aromatic rings. The molecule has 0 aliphatic carbocycles. The van der Waals surface area contributed by atoms with E-state index in [9.17, 15) is 18.0 Å². The van der Waals surface area contributed by atoms with Crippen LogP contribution in [0.3, 0.4) is 0 Å². The van der Waals surface area contributed by atoms with Gasteiger partial charge >= 0.3 is 0 Å². The van der Waals surface area contributed by atoms with Crippen LogP contribution in [0.2, 0.25) is 5.02 Å². The topological polar surface area (TPSA) is 105 Å². The van der Waals surface area contributed by atoms with E-state index in [4.69, 9.17) is 16.3 Å². The minimum absolute atomic E-state index is 0.136. The van der Waals surface area contributed by atoms with E-state index in [2.05, 4.69) is 10.9 Å². The quantitative estimate of drug-likeness (QED) is 0.655. The van der Waals surface area contributed by atoms with Crippen molar-refractivity contribution < 1.29 is 22.7 Å². The van der Waals surface area contributed by atoms with Gasteiger partial charge < -0.3 is 4.74 Å². The summed E-state index contributed by atoms with van der Waals surface area (Å²) in [5, 5.41) is 0.596. The highest BCUT2D eigenvalue weighted by Gasteiger charge is 2.27. The normalized spacial score (nSPS) is 14.3. The molecule has 3 rings (SSSR count). The van der Waals surface area contributed by atoms with Gasteiger partial charge in [-0.05, 0) is 67.8 Å². The Kier molecular flexibility index (Phi) is 6.96. The average Bonchev–Trinajstić information content (AvgIpc) is 3.29. The molecule has 1 aliphatic heterocycles. The minimum atomic E-state index is -3.54. The van der Waals surface area contributed by atoms with Crippen LogP contribution < -0.4 is 15.6 Å². The maximum atomic E-state index is 12.5. The zero-order valence-corrected chi connectivity index (χ0v) is 17.9. The molecule has 0 radical (unpaired) electrons. The summed E-state index contributed by atoms with van der Waals surface area (Å²) in [5.74, 6) is -0.645. The molecular weight excluding hydrogens is 430 g/mol. The second-order valence-corrected chi connectivity index (χ2v) is 9.18. The molecular formula is C20H22ClN3O5S. The van der Waals surface area contributed by atoms with Crippen LogP contribution in [-0.4, -0.2) is 44.2 Å². The summed E-state index contributed by atoms with van der Waals surface area (Å²) >= 11 is 5.94.